The lowest BCUT2D eigenvalue weighted by Crippen LogP contribution is -2.12. The maximum atomic E-state index is 11.5. The summed E-state index contributed by atoms with van der Waals surface area (Å²) in [6.45, 7) is 0.555. The van der Waals surface area contributed by atoms with Crippen LogP contribution in [0.15, 0.2) is 78.1 Å². The molecule has 1 aliphatic rings. The zero-order valence-corrected chi connectivity index (χ0v) is 12.7. The SMILES string of the molecule is O=C(O)C1=C(C=C(c2ccccc2)c2ccccc2)OCCC1. The number of benzene rings is 2. The summed E-state index contributed by atoms with van der Waals surface area (Å²) >= 11 is 0. The van der Waals surface area contributed by atoms with Crippen LogP contribution in [0.2, 0.25) is 0 Å². The minimum Gasteiger partial charge on any atom is -0.493 e. The lowest BCUT2D eigenvalue weighted by atomic mass is 9.95. The van der Waals surface area contributed by atoms with Gasteiger partial charge in [0, 0.05) is 0 Å². The van der Waals surface area contributed by atoms with Crippen molar-refractivity contribution in [3.05, 3.63) is 89.2 Å². The minimum atomic E-state index is -0.906. The Hall–Kier alpha value is -2.81. The number of hydrogen-bond donors (Lipinski definition) is 1. The molecule has 0 aliphatic carbocycles. The number of aliphatic carboxylic acids is 1. The van der Waals surface area contributed by atoms with E-state index < -0.39 is 5.97 Å². The van der Waals surface area contributed by atoms with Crippen LogP contribution in [0.25, 0.3) is 5.57 Å². The molecule has 116 valence electrons. The second-order valence-electron chi connectivity index (χ2n) is 5.39. The molecule has 1 N–H and O–H groups in total. The normalized spacial score (nSPS) is 14.1. The van der Waals surface area contributed by atoms with E-state index in [2.05, 4.69) is 0 Å². The highest BCUT2D eigenvalue weighted by molar-refractivity contribution is 5.89. The molecule has 1 aliphatic heterocycles. The zero-order valence-electron chi connectivity index (χ0n) is 12.7. The van der Waals surface area contributed by atoms with Gasteiger partial charge < -0.3 is 9.84 Å². The average Bonchev–Trinajstić information content (AvgIpc) is 2.61. The second kappa shape index (κ2) is 6.97. The molecule has 1 heterocycles. The van der Waals surface area contributed by atoms with E-state index in [9.17, 15) is 9.90 Å². The van der Waals surface area contributed by atoms with Crippen LogP contribution in [0, 0.1) is 0 Å². The molecular weight excluding hydrogens is 288 g/mol. The van der Waals surface area contributed by atoms with Crippen LogP contribution in [0.5, 0.6) is 0 Å². The van der Waals surface area contributed by atoms with Crippen LogP contribution < -0.4 is 0 Å². The quantitative estimate of drug-likeness (QED) is 0.917. The van der Waals surface area contributed by atoms with E-state index >= 15 is 0 Å². The van der Waals surface area contributed by atoms with Crippen molar-refractivity contribution in [1.29, 1.82) is 0 Å². The molecule has 0 aromatic heterocycles. The molecule has 0 bridgehead atoms. The van der Waals surface area contributed by atoms with Gasteiger partial charge in [-0.25, -0.2) is 4.79 Å². The van der Waals surface area contributed by atoms with Gasteiger partial charge in [-0.3, -0.25) is 0 Å². The molecule has 0 spiro atoms. The van der Waals surface area contributed by atoms with Gasteiger partial charge in [-0.15, -0.1) is 0 Å². The summed E-state index contributed by atoms with van der Waals surface area (Å²) in [6.07, 6.45) is 3.14. The van der Waals surface area contributed by atoms with Crippen molar-refractivity contribution >= 4 is 11.5 Å². The summed E-state index contributed by atoms with van der Waals surface area (Å²) in [7, 11) is 0. The molecule has 0 radical (unpaired) electrons. The Morgan fingerprint density at radius 3 is 2.04 bits per heavy atom. The number of allylic oxidation sites excluding steroid dienone is 1. The monoisotopic (exact) mass is 306 g/mol. The van der Waals surface area contributed by atoms with E-state index in [1.807, 2.05) is 66.7 Å². The number of rotatable bonds is 4. The van der Waals surface area contributed by atoms with Gasteiger partial charge in [0.15, 0.2) is 0 Å². The summed E-state index contributed by atoms with van der Waals surface area (Å²) in [5.41, 5.74) is 3.37. The van der Waals surface area contributed by atoms with Crippen LogP contribution in [-0.2, 0) is 9.53 Å². The van der Waals surface area contributed by atoms with Gasteiger partial charge in [0.2, 0.25) is 0 Å². The highest BCUT2D eigenvalue weighted by atomic mass is 16.5. The Balaban J connectivity index is 2.14. The molecule has 3 heteroatoms. The van der Waals surface area contributed by atoms with Crippen molar-refractivity contribution < 1.29 is 14.6 Å². The van der Waals surface area contributed by atoms with Gasteiger partial charge in [-0.05, 0) is 35.6 Å². The fraction of sp³-hybridized carbons (Fsp3) is 0.150. The van der Waals surface area contributed by atoms with E-state index in [1.54, 1.807) is 0 Å². The van der Waals surface area contributed by atoms with Crippen LogP contribution in [0.1, 0.15) is 24.0 Å². The number of carboxylic acid groups (broad SMARTS) is 1. The van der Waals surface area contributed by atoms with Crippen LogP contribution in [-0.4, -0.2) is 17.7 Å². The fourth-order valence-corrected chi connectivity index (χ4v) is 2.68. The van der Waals surface area contributed by atoms with Gasteiger partial charge >= 0.3 is 5.97 Å². The number of carboxylic acids is 1. The molecule has 0 saturated heterocycles. The van der Waals surface area contributed by atoms with E-state index in [0.29, 0.717) is 24.4 Å². The van der Waals surface area contributed by atoms with Gasteiger partial charge in [-0.1, -0.05) is 60.7 Å². The summed E-state index contributed by atoms with van der Waals surface area (Å²) < 4.78 is 5.65. The van der Waals surface area contributed by atoms with Crippen LogP contribution in [0.4, 0.5) is 0 Å². The first-order chi connectivity index (χ1) is 11.3. The van der Waals surface area contributed by atoms with E-state index in [4.69, 9.17) is 4.74 Å². The molecule has 0 saturated carbocycles. The third-order valence-electron chi connectivity index (χ3n) is 3.83. The Bertz CT molecular complexity index is 701. The highest BCUT2D eigenvalue weighted by Crippen LogP contribution is 2.28. The Morgan fingerprint density at radius 2 is 1.52 bits per heavy atom. The molecule has 3 nitrogen and oxygen atoms in total. The number of ether oxygens (including phenoxy) is 1. The van der Waals surface area contributed by atoms with Crippen LogP contribution in [0.3, 0.4) is 0 Å². The molecular formula is C20H18O3. The average molecular weight is 306 g/mol. The minimum absolute atomic E-state index is 0.348. The molecule has 2 aromatic carbocycles. The predicted octanol–water partition coefficient (Wildman–Crippen LogP) is 4.27. The van der Waals surface area contributed by atoms with Gasteiger partial charge in [0.25, 0.3) is 0 Å². The van der Waals surface area contributed by atoms with Crippen LogP contribution >= 0.6 is 0 Å². The Kier molecular flexibility index (Phi) is 4.57. The van der Waals surface area contributed by atoms with Crippen molar-refractivity contribution in [3.8, 4) is 0 Å². The predicted molar refractivity (Wildman–Crippen MR) is 89.8 cm³/mol. The lowest BCUT2D eigenvalue weighted by molar-refractivity contribution is -0.133. The zero-order chi connectivity index (χ0) is 16.1. The number of carbonyl (C=O) groups is 1. The first-order valence-corrected chi connectivity index (χ1v) is 7.67. The van der Waals surface area contributed by atoms with Gasteiger partial charge in [0.05, 0.1) is 12.2 Å². The maximum absolute atomic E-state index is 11.5. The summed E-state index contributed by atoms with van der Waals surface area (Å²) in [4.78, 5) is 11.5. The van der Waals surface area contributed by atoms with Gasteiger partial charge in [-0.2, -0.15) is 0 Å². The van der Waals surface area contributed by atoms with E-state index in [0.717, 1.165) is 23.1 Å². The molecule has 0 unspecified atom stereocenters. The Morgan fingerprint density at radius 1 is 0.957 bits per heavy atom. The fourth-order valence-electron chi connectivity index (χ4n) is 2.68. The van der Waals surface area contributed by atoms with Crippen molar-refractivity contribution in [3.63, 3.8) is 0 Å². The first-order valence-electron chi connectivity index (χ1n) is 7.67. The summed E-state index contributed by atoms with van der Waals surface area (Å²) in [5.74, 6) is -0.442. The second-order valence-corrected chi connectivity index (χ2v) is 5.39. The smallest absolute Gasteiger partial charge is 0.335 e. The number of hydrogen-bond acceptors (Lipinski definition) is 2. The van der Waals surface area contributed by atoms with Crippen molar-refractivity contribution in [2.45, 2.75) is 12.8 Å². The van der Waals surface area contributed by atoms with E-state index in [-0.39, 0.29) is 0 Å². The molecule has 0 fully saturated rings. The van der Waals surface area contributed by atoms with E-state index in [1.165, 1.54) is 0 Å². The largest absolute Gasteiger partial charge is 0.493 e. The topological polar surface area (TPSA) is 46.5 Å². The van der Waals surface area contributed by atoms with Crippen molar-refractivity contribution in [2.24, 2.45) is 0 Å². The Labute approximate surface area is 135 Å². The first kappa shape index (κ1) is 15.1. The van der Waals surface area contributed by atoms with Gasteiger partial charge in [0.1, 0.15) is 5.76 Å². The molecule has 2 aromatic rings. The van der Waals surface area contributed by atoms with Crippen molar-refractivity contribution in [1.82, 2.24) is 0 Å². The summed E-state index contributed by atoms with van der Waals surface area (Å²) in [5, 5.41) is 9.40. The highest BCUT2D eigenvalue weighted by Gasteiger charge is 2.19. The third-order valence-corrected chi connectivity index (χ3v) is 3.83. The van der Waals surface area contributed by atoms with Crippen molar-refractivity contribution in [2.75, 3.05) is 6.61 Å². The third kappa shape index (κ3) is 3.51. The molecule has 0 amide bonds. The standard InChI is InChI=1S/C20H18O3/c21-20(22)17-12-7-13-23-19(17)14-18(15-8-3-1-4-9-15)16-10-5-2-6-11-16/h1-6,8-11,14H,7,12-13H2,(H,21,22). The molecule has 3 rings (SSSR count). The lowest BCUT2D eigenvalue weighted by Gasteiger charge is -2.18. The maximum Gasteiger partial charge on any atom is 0.335 e. The molecule has 23 heavy (non-hydrogen) atoms. The molecule has 0 atom stereocenters. The summed E-state index contributed by atoms with van der Waals surface area (Å²) in [6, 6.07) is 19.9.